The van der Waals surface area contributed by atoms with E-state index in [1.165, 1.54) is 53.4 Å². The van der Waals surface area contributed by atoms with E-state index in [4.69, 9.17) is 4.98 Å². The summed E-state index contributed by atoms with van der Waals surface area (Å²) in [6.45, 7) is 0. The second kappa shape index (κ2) is 15.1. The van der Waals surface area contributed by atoms with Gasteiger partial charge in [-0.25, -0.2) is 4.98 Å². The number of nitrogens with zero attached hydrogens (tertiary/aromatic N) is 3. The van der Waals surface area contributed by atoms with Crippen LogP contribution in [0.5, 0.6) is 0 Å². The Morgan fingerprint density at radius 1 is 0.286 bits per heavy atom. The monoisotopic (exact) mass is 819 g/mol. The van der Waals surface area contributed by atoms with Crippen LogP contribution in [0.4, 0.5) is 0 Å². The molecule has 4 heteroatoms. The number of rotatable bonds is 8. The van der Waals surface area contributed by atoms with E-state index in [0.29, 0.717) is 0 Å². The molecular weight excluding hydrogens is 779 g/mol. The van der Waals surface area contributed by atoms with Crippen LogP contribution in [0.25, 0.3) is 77.5 Å². The van der Waals surface area contributed by atoms with Gasteiger partial charge in [0, 0.05) is 21.5 Å². The molecule has 3 aromatic heterocycles. The molecule has 9 aromatic carbocycles. The van der Waals surface area contributed by atoms with Gasteiger partial charge in [0.2, 0.25) is 0 Å². The van der Waals surface area contributed by atoms with E-state index in [2.05, 4.69) is 258 Å². The van der Waals surface area contributed by atoms with E-state index in [9.17, 15) is 0 Å². The third-order valence-corrected chi connectivity index (χ3v) is 17.7. The first kappa shape index (κ1) is 36.8. The highest BCUT2D eigenvalue weighted by Crippen LogP contribution is 2.37. The number of aromatic nitrogens is 3. The molecular formula is C59H41N3Si. The number of hydrogen-bond donors (Lipinski definition) is 0. The van der Waals surface area contributed by atoms with Crippen molar-refractivity contribution < 1.29 is 0 Å². The maximum atomic E-state index is 5.57. The summed E-state index contributed by atoms with van der Waals surface area (Å²) in [6, 6.07) is 91.0. The van der Waals surface area contributed by atoms with Crippen LogP contribution in [-0.4, -0.2) is 22.2 Å². The van der Waals surface area contributed by atoms with Gasteiger partial charge in [0.05, 0.1) is 22.1 Å². The summed E-state index contributed by atoms with van der Waals surface area (Å²) in [6.07, 6.45) is 0. The second-order valence-corrected chi connectivity index (χ2v) is 20.1. The van der Waals surface area contributed by atoms with Gasteiger partial charge in [-0.2, -0.15) is 0 Å². The van der Waals surface area contributed by atoms with Gasteiger partial charge < -0.3 is 0 Å². The van der Waals surface area contributed by atoms with Crippen molar-refractivity contribution in [2.24, 2.45) is 0 Å². The molecule has 0 atom stereocenters. The summed E-state index contributed by atoms with van der Waals surface area (Å²) in [5.74, 6) is 1.75. The molecule has 0 saturated heterocycles. The first-order chi connectivity index (χ1) is 31.3. The normalized spacial score (nSPS) is 11.8. The fourth-order valence-corrected chi connectivity index (χ4v) is 15.2. The lowest BCUT2D eigenvalue weighted by Gasteiger charge is -2.36. The van der Waals surface area contributed by atoms with E-state index in [0.717, 1.165) is 44.8 Å². The Morgan fingerprint density at radius 2 is 0.619 bits per heavy atom. The maximum Gasteiger partial charge on any atom is 0.180 e. The van der Waals surface area contributed by atoms with Gasteiger partial charge in [-0.15, -0.1) is 0 Å². The third-order valence-electron chi connectivity index (χ3n) is 12.9. The zero-order chi connectivity index (χ0) is 41.7. The molecule has 296 valence electrons. The van der Waals surface area contributed by atoms with Crippen molar-refractivity contribution in [1.29, 1.82) is 0 Å². The quantitative estimate of drug-likeness (QED) is 0.111. The zero-order valence-electron chi connectivity index (χ0n) is 34.5. The highest BCUT2D eigenvalue weighted by Gasteiger charge is 2.42. The minimum atomic E-state index is -2.79. The molecule has 3 heterocycles. The minimum absolute atomic E-state index is 0.876. The minimum Gasteiger partial charge on any atom is -0.294 e. The van der Waals surface area contributed by atoms with Crippen LogP contribution >= 0.6 is 0 Å². The Hall–Kier alpha value is -8.05. The largest absolute Gasteiger partial charge is 0.294 e. The predicted octanol–water partition coefficient (Wildman–Crippen LogP) is 12.0. The van der Waals surface area contributed by atoms with E-state index in [-0.39, 0.29) is 0 Å². The molecule has 0 fully saturated rings. The van der Waals surface area contributed by atoms with Gasteiger partial charge >= 0.3 is 0 Å². The molecule has 0 aliphatic heterocycles. The summed E-state index contributed by atoms with van der Waals surface area (Å²) >= 11 is 0. The zero-order valence-corrected chi connectivity index (χ0v) is 35.5. The van der Waals surface area contributed by atoms with Gasteiger partial charge in [-0.05, 0) is 79.4 Å². The highest BCUT2D eigenvalue weighted by atomic mass is 28.3. The molecule has 0 N–H and O–H groups in total. The molecule has 12 rings (SSSR count). The molecule has 63 heavy (non-hydrogen) atoms. The smallest absolute Gasteiger partial charge is 0.180 e. The van der Waals surface area contributed by atoms with Crippen molar-refractivity contribution in [2.75, 3.05) is 0 Å². The van der Waals surface area contributed by atoms with Crippen molar-refractivity contribution in [3.63, 3.8) is 0 Å². The SMILES string of the molecule is c1ccc([Si](c2ccccc2)(c2ccccc2)c2ccccc2-c2ccc(-c3cc(-n4c5ccccc5c5ccccc54)nc(-n4c5ccccc5c5ccccc54)c3)cc2)cc1. The van der Waals surface area contributed by atoms with Crippen molar-refractivity contribution in [3.05, 3.63) is 249 Å². The molecule has 0 saturated carbocycles. The Labute approximate surface area is 367 Å². The molecule has 0 aliphatic carbocycles. The number of pyridine rings is 1. The Morgan fingerprint density at radius 3 is 1.03 bits per heavy atom. The number of fused-ring (bicyclic) bond motifs is 6. The van der Waals surface area contributed by atoms with Gasteiger partial charge in [0.15, 0.2) is 8.07 Å². The summed E-state index contributed by atoms with van der Waals surface area (Å²) in [4.78, 5) is 5.57. The fourth-order valence-electron chi connectivity index (χ4n) is 10.2. The lowest BCUT2D eigenvalue weighted by molar-refractivity contribution is 1.01. The summed E-state index contributed by atoms with van der Waals surface area (Å²) in [5, 5.41) is 10.3. The number of para-hydroxylation sites is 4. The van der Waals surface area contributed by atoms with Gasteiger partial charge in [0.1, 0.15) is 11.6 Å². The average Bonchev–Trinajstić information content (AvgIpc) is 3.89. The van der Waals surface area contributed by atoms with E-state index in [1.54, 1.807) is 0 Å². The Kier molecular flexibility index (Phi) is 8.84. The predicted molar refractivity (Wildman–Crippen MR) is 267 cm³/mol. The van der Waals surface area contributed by atoms with Crippen LogP contribution in [0.15, 0.2) is 249 Å². The Bertz CT molecular complexity index is 3270. The van der Waals surface area contributed by atoms with E-state index >= 15 is 0 Å². The van der Waals surface area contributed by atoms with Gasteiger partial charge in [-0.3, -0.25) is 9.13 Å². The molecule has 0 aliphatic rings. The van der Waals surface area contributed by atoms with Crippen LogP contribution in [0.2, 0.25) is 0 Å². The summed E-state index contributed by atoms with van der Waals surface area (Å²) in [7, 11) is -2.79. The van der Waals surface area contributed by atoms with Crippen molar-refractivity contribution in [1.82, 2.24) is 14.1 Å². The topological polar surface area (TPSA) is 22.8 Å². The van der Waals surface area contributed by atoms with Crippen LogP contribution in [0.3, 0.4) is 0 Å². The van der Waals surface area contributed by atoms with Crippen LogP contribution in [0.1, 0.15) is 0 Å². The fraction of sp³-hybridized carbons (Fsp3) is 0. The first-order valence-corrected chi connectivity index (χ1v) is 23.6. The summed E-state index contributed by atoms with van der Waals surface area (Å²) in [5.41, 5.74) is 9.18. The van der Waals surface area contributed by atoms with E-state index < -0.39 is 8.07 Å². The Balaban J connectivity index is 1.07. The lowest BCUT2D eigenvalue weighted by Crippen LogP contribution is -2.75. The number of benzene rings is 9. The first-order valence-electron chi connectivity index (χ1n) is 21.6. The molecule has 3 nitrogen and oxygen atoms in total. The van der Waals surface area contributed by atoms with Crippen LogP contribution in [0, 0.1) is 0 Å². The van der Waals surface area contributed by atoms with Crippen molar-refractivity contribution in [3.8, 4) is 33.9 Å². The average molecular weight is 820 g/mol. The lowest BCUT2D eigenvalue weighted by atomic mass is 10.0. The van der Waals surface area contributed by atoms with E-state index in [1.807, 2.05) is 0 Å². The van der Waals surface area contributed by atoms with Crippen molar-refractivity contribution >= 4 is 72.4 Å². The summed E-state index contributed by atoms with van der Waals surface area (Å²) < 4.78 is 4.66. The molecule has 0 amide bonds. The third kappa shape index (κ3) is 5.91. The number of hydrogen-bond acceptors (Lipinski definition) is 1. The van der Waals surface area contributed by atoms with Crippen LogP contribution < -0.4 is 20.7 Å². The molecule has 12 aromatic rings. The maximum absolute atomic E-state index is 5.57. The van der Waals surface area contributed by atoms with Gasteiger partial charge in [0.25, 0.3) is 0 Å². The van der Waals surface area contributed by atoms with Crippen molar-refractivity contribution in [2.45, 2.75) is 0 Å². The molecule has 0 bridgehead atoms. The molecule has 0 radical (unpaired) electrons. The van der Waals surface area contributed by atoms with Gasteiger partial charge in [-0.1, -0.05) is 212 Å². The molecule has 0 spiro atoms. The highest BCUT2D eigenvalue weighted by molar-refractivity contribution is 7.20. The second-order valence-electron chi connectivity index (χ2n) is 16.3. The molecule has 0 unspecified atom stereocenters. The van der Waals surface area contributed by atoms with Crippen LogP contribution in [-0.2, 0) is 0 Å². The standard InChI is InChI=1S/C59H41N3Si/c1-4-20-45(21-5-1)63(46-22-6-2-7-23-46,47-24-8-3-9-25-47)57-35-19-14-26-48(57)43-38-36-42(37-39-43)44-40-58(61-53-31-15-10-27-49(53)50-28-11-16-32-54(50)61)60-59(41-44)62-55-33-17-12-29-51(55)52-30-13-18-34-56(52)62/h1-41H.